The number of rotatable bonds is 3. The predicted octanol–water partition coefficient (Wildman–Crippen LogP) is 3.70. The number of anilines is 1. The van der Waals surface area contributed by atoms with Gasteiger partial charge in [-0.2, -0.15) is 0 Å². The second kappa shape index (κ2) is 7.45. The number of aryl methyl sites for hydroxylation is 1. The van der Waals surface area contributed by atoms with E-state index in [1.54, 1.807) is 54.6 Å². The molecule has 2 fully saturated rings. The summed E-state index contributed by atoms with van der Waals surface area (Å²) in [5, 5.41) is 0. The van der Waals surface area contributed by atoms with E-state index in [4.69, 9.17) is 9.47 Å². The van der Waals surface area contributed by atoms with E-state index in [1.165, 1.54) is 7.11 Å². The number of Topliss-reactive ketones (excluding diaryl/α,β-unsaturated/α-hetero) is 2. The standard InChI is InChI=1S/C28H21NO6/c1-15-8-7-9-16(14-15)23-21-22(27(33)29(26(21)32)19-12-5-6-13-20(19)34-2)28(35-23)24(30)17-10-3-4-11-18(17)25(28)31/h3-14,21-23H,1-2H3. The Morgan fingerprint density at radius 3 is 2.14 bits per heavy atom. The van der Waals surface area contributed by atoms with Crippen LogP contribution in [-0.2, 0) is 14.3 Å². The number of hydrogen-bond acceptors (Lipinski definition) is 6. The maximum Gasteiger partial charge on any atom is 0.241 e. The lowest BCUT2D eigenvalue weighted by Crippen LogP contribution is -2.51. The number of para-hydroxylation sites is 2. The van der Waals surface area contributed by atoms with Crippen LogP contribution < -0.4 is 9.64 Å². The maximum atomic E-state index is 14.0. The summed E-state index contributed by atoms with van der Waals surface area (Å²) in [7, 11) is 1.45. The number of benzene rings is 3. The van der Waals surface area contributed by atoms with Gasteiger partial charge in [-0.15, -0.1) is 0 Å². The highest BCUT2D eigenvalue weighted by Crippen LogP contribution is 2.58. The molecule has 1 aliphatic carbocycles. The molecule has 2 amide bonds. The van der Waals surface area contributed by atoms with E-state index in [9.17, 15) is 19.2 Å². The van der Waals surface area contributed by atoms with Gasteiger partial charge in [-0.1, -0.05) is 66.2 Å². The molecule has 7 nitrogen and oxygen atoms in total. The summed E-state index contributed by atoms with van der Waals surface area (Å²) in [6.45, 7) is 1.90. The Morgan fingerprint density at radius 1 is 0.829 bits per heavy atom. The SMILES string of the molecule is COc1ccccc1N1C(=O)C2C(c3cccc(C)c3)OC3(C(=O)c4ccccc4C3=O)C2C1=O. The van der Waals surface area contributed by atoms with Crippen molar-refractivity contribution in [2.75, 3.05) is 12.0 Å². The topological polar surface area (TPSA) is 90.0 Å². The lowest BCUT2D eigenvalue weighted by atomic mass is 9.77. The van der Waals surface area contributed by atoms with Crippen LogP contribution in [0, 0.1) is 18.8 Å². The van der Waals surface area contributed by atoms with Gasteiger partial charge >= 0.3 is 0 Å². The molecule has 0 N–H and O–H groups in total. The molecule has 3 atom stereocenters. The summed E-state index contributed by atoms with van der Waals surface area (Å²) < 4.78 is 11.7. The monoisotopic (exact) mass is 467 g/mol. The lowest BCUT2D eigenvalue weighted by Gasteiger charge is -2.27. The van der Waals surface area contributed by atoms with Gasteiger partial charge in [-0.3, -0.25) is 19.2 Å². The fraction of sp³-hybridized carbons (Fsp3) is 0.214. The third kappa shape index (κ3) is 2.70. The average Bonchev–Trinajstić information content (AvgIpc) is 3.44. The molecule has 174 valence electrons. The van der Waals surface area contributed by atoms with E-state index in [0.717, 1.165) is 10.5 Å². The first-order valence-electron chi connectivity index (χ1n) is 11.3. The molecule has 2 aliphatic heterocycles. The van der Waals surface area contributed by atoms with E-state index in [-0.39, 0.29) is 16.8 Å². The summed E-state index contributed by atoms with van der Waals surface area (Å²) in [5.74, 6) is -4.32. The van der Waals surface area contributed by atoms with Crippen molar-refractivity contribution in [2.24, 2.45) is 11.8 Å². The van der Waals surface area contributed by atoms with Gasteiger partial charge in [-0.25, -0.2) is 4.90 Å². The van der Waals surface area contributed by atoms with Gasteiger partial charge in [0.2, 0.25) is 29.0 Å². The highest BCUT2D eigenvalue weighted by atomic mass is 16.5. The molecule has 0 saturated carbocycles. The molecule has 0 bridgehead atoms. The highest BCUT2D eigenvalue weighted by Gasteiger charge is 2.74. The maximum absolute atomic E-state index is 14.0. The van der Waals surface area contributed by atoms with E-state index < -0.39 is 46.9 Å². The number of ketones is 2. The smallest absolute Gasteiger partial charge is 0.241 e. The highest BCUT2D eigenvalue weighted by molar-refractivity contribution is 6.37. The summed E-state index contributed by atoms with van der Waals surface area (Å²) in [5.41, 5.74) is 0.153. The van der Waals surface area contributed by atoms with E-state index >= 15 is 0 Å². The predicted molar refractivity (Wildman–Crippen MR) is 125 cm³/mol. The van der Waals surface area contributed by atoms with Crippen LogP contribution in [-0.4, -0.2) is 36.1 Å². The van der Waals surface area contributed by atoms with Gasteiger partial charge in [0.25, 0.3) is 0 Å². The fourth-order valence-electron chi connectivity index (χ4n) is 5.72. The first kappa shape index (κ1) is 21.4. The molecule has 2 heterocycles. The Bertz CT molecular complexity index is 1410. The number of methoxy groups -OCH3 is 1. The number of imide groups is 1. The number of carbonyl (C=O) groups is 4. The van der Waals surface area contributed by atoms with Crippen molar-refractivity contribution >= 4 is 29.1 Å². The fourth-order valence-corrected chi connectivity index (χ4v) is 5.72. The van der Waals surface area contributed by atoms with Crippen LogP contribution in [0.1, 0.15) is 37.9 Å². The van der Waals surface area contributed by atoms with Crippen LogP contribution in [0.25, 0.3) is 0 Å². The summed E-state index contributed by atoms with van der Waals surface area (Å²) >= 11 is 0. The summed E-state index contributed by atoms with van der Waals surface area (Å²) in [6.07, 6.45) is -0.946. The first-order valence-corrected chi connectivity index (χ1v) is 11.3. The van der Waals surface area contributed by atoms with Gasteiger partial charge in [0.15, 0.2) is 0 Å². The Labute approximate surface area is 201 Å². The largest absolute Gasteiger partial charge is 0.495 e. The quantitative estimate of drug-likeness (QED) is 0.431. The van der Waals surface area contributed by atoms with Crippen LogP contribution in [0.15, 0.2) is 72.8 Å². The van der Waals surface area contributed by atoms with Crippen molar-refractivity contribution < 1.29 is 28.7 Å². The van der Waals surface area contributed by atoms with Gasteiger partial charge < -0.3 is 9.47 Å². The average molecular weight is 467 g/mol. The van der Waals surface area contributed by atoms with Crippen molar-refractivity contribution in [1.82, 2.24) is 0 Å². The van der Waals surface area contributed by atoms with Crippen LogP contribution in [0.4, 0.5) is 5.69 Å². The second-order valence-corrected chi connectivity index (χ2v) is 9.08. The third-order valence-electron chi connectivity index (χ3n) is 7.22. The summed E-state index contributed by atoms with van der Waals surface area (Å²) in [4.78, 5) is 56.5. The minimum atomic E-state index is -2.09. The van der Waals surface area contributed by atoms with Crippen molar-refractivity contribution in [2.45, 2.75) is 18.6 Å². The molecule has 3 unspecified atom stereocenters. The number of nitrogens with zero attached hydrogens (tertiary/aromatic N) is 1. The van der Waals surface area contributed by atoms with Crippen molar-refractivity contribution in [1.29, 1.82) is 0 Å². The van der Waals surface area contributed by atoms with Crippen molar-refractivity contribution in [3.05, 3.63) is 95.1 Å². The minimum absolute atomic E-state index is 0.206. The zero-order chi connectivity index (χ0) is 24.5. The molecule has 7 heteroatoms. The van der Waals surface area contributed by atoms with Gasteiger partial charge in [0.05, 0.1) is 30.7 Å². The molecule has 0 aromatic heterocycles. The van der Waals surface area contributed by atoms with Crippen molar-refractivity contribution in [3.8, 4) is 5.75 Å². The van der Waals surface area contributed by atoms with Gasteiger partial charge in [-0.05, 0) is 24.6 Å². The Hall–Kier alpha value is -4.10. The Morgan fingerprint density at radius 2 is 1.49 bits per heavy atom. The molecule has 3 aromatic carbocycles. The molecular formula is C28H21NO6. The molecule has 3 aliphatic rings. The molecule has 35 heavy (non-hydrogen) atoms. The zero-order valence-corrected chi connectivity index (χ0v) is 19.1. The number of hydrogen-bond donors (Lipinski definition) is 0. The Kier molecular flexibility index (Phi) is 4.56. The van der Waals surface area contributed by atoms with E-state index in [2.05, 4.69) is 0 Å². The molecular weight excluding hydrogens is 446 g/mol. The third-order valence-corrected chi connectivity index (χ3v) is 7.22. The van der Waals surface area contributed by atoms with E-state index in [1.807, 2.05) is 25.1 Å². The van der Waals surface area contributed by atoms with Gasteiger partial charge in [0.1, 0.15) is 5.75 Å². The molecule has 3 aromatic rings. The first-order chi connectivity index (χ1) is 16.9. The van der Waals surface area contributed by atoms with Crippen LogP contribution >= 0.6 is 0 Å². The Balaban J connectivity index is 1.56. The molecule has 2 saturated heterocycles. The molecule has 1 spiro atoms. The van der Waals surface area contributed by atoms with Gasteiger partial charge in [0, 0.05) is 11.1 Å². The van der Waals surface area contributed by atoms with Crippen molar-refractivity contribution in [3.63, 3.8) is 0 Å². The number of amides is 2. The summed E-state index contributed by atoms with van der Waals surface area (Å²) in [6, 6.07) is 20.5. The van der Waals surface area contributed by atoms with Crippen LogP contribution in [0.3, 0.4) is 0 Å². The number of fused-ring (bicyclic) bond motifs is 3. The van der Waals surface area contributed by atoms with Crippen LogP contribution in [0.5, 0.6) is 5.75 Å². The number of carbonyl (C=O) groups excluding carboxylic acids is 4. The molecule has 6 rings (SSSR count). The number of ether oxygens (including phenoxy) is 2. The zero-order valence-electron chi connectivity index (χ0n) is 19.1. The lowest BCUT2D eigenvalue weighted by molar-refractivity contribution is -0.127. The minimum Gasteiger partial charge on any atom is -0.495 e. The second-order valence-electron chi connectivity index (χ2n) is 9.08. The van der Waals surface area contributed by atoms with Crippen LogP contribution in [0.2, 0.25) is 0 Å². The normalized spacial score (nSPS) is 24.3. The van der Waals surface area contributed by atoms with E-state index in [0.29, 0.717) is 11.3 Å². The molecule has 0 radical (unpaired) electrons.